The zero-order valence-electron chi connectivity index (χ0n) is 8.38. The van der Waals surface area contributed by atoms with Crippen LogP contribution in [-0.4, -0.2) is 12.7 Å². The van der Waals surface area contributed by atoms with Crippen LogP contribution in [0.15, 0.2) is 12.1 Å². The Morgan fingerprint density at radius 2 is 2.19 bits per heavy atom. The Labute approximate surface area is 90.4 Å². The average Bonchev–Trinajstić information content (AvgIpc) is 2.23. The third-order valence-corrected chi connectivity index (χ3v) is 1.69. The van der Waals surface area contributed by atoms with Crippen LogP contribution in [0.1, 0.15) is 12.5 Å². The maximum Gasteiger partial charge on any atom is 0.411 e. The summed E-state index contributed by atoms with van der Waals surface area (Å²) in [6.45, 7) is 1.70. The number of nitriles is 1. The summed E-state index contributed by atoms with van der Waals surface area (Å²) in [6, 6.07) is 2.92. The predicted octanol–water partition coefficient (Wildman–Crippen LogP) is 2.40. The second kappa shape index (κ2) is 5.07. The van der Waals surface area contributed by atoms with E-state index in [4.69, 9.17) is 5.26 Å². The summed E-state index contributed by atoms with van der Waals surface area (Å²) in [5.74, 6) is -1.80. The molecule has 0 heterocycles. The minimum Gasteiger partial charge on any atom is -0.450 e. The van der Waals surface area contributed by atoms with E-state index in [0.29, 0.717) is 6.07 Å². The molecule has 0 spiro atoms. The van der Waals surface area contributed by atoms with Crippen LogP contribution in [0.5, 0.6) is 0 Å². The number of hydrogen-bond acceptors (Lipinski definition) is 3. The first-order chi connectivity index (χ1) is 7.58. The fraction of sp³-hybridized carbons (Fsp3) is 0.200. The van der Waals surface area contributed by atoms with E-state index in [1.54, 1.807) is 6.92 Å². The lowest BCUT2D eigenvalue weighted by molar-refractivity contribution is 0.168. The highest BCUT2D eigenvalue weighted by Gasteiger charge is 2.12. The first kappa shape index (κ1) is 11.9. The van der Waals surface area contributed by atoms with Crippen molar-refractivity contribution in [3.63, 3.8) is 0 Å². The summed E-state index contributed by atoms with van der Waals surface area (Å²) in [5.41, 5.74) is -0.790. The molecule has 0 unspecified atom stereocenters. The average molecular weight is 226 g/mol. The molecule has 0 bridgehead atoms. The number of nitrogens with zero attached hydrogens (tertiary/aromatic N) is 1. The fourth-order valence-electron chi connectivity index (χ4n) is 1.01. The number of carbonyl (C=O) groups is 1. The van der Waals surface area contributed by atoms with Crippen molar-refractivity contribution < 1.29 is 18.3 Å². The number of rotatable bonds is 2. The van der Waals surface area contributed by atoms with Gasteiger partial charge in [-0.25, -0.2) is 13.6 Å². The minimum absolute atomic E-state index is 0.117. The monoisotopic (exact) mass is 226 g/mol. The van der Waals surface area contributed by atoms with E-state index in [0.717, 1.165) is 6.07 Å². The molecule has 0 aliphatic heterocycles. The van der Waals surface area contributed by atoms with E-state index >= 15 is 0 Å². The molecule has 6 heteroatoms. The molecule has 16 heavy (non-hydrogen) atoms. The van der Waals surface area contributed by atoms with Gasteiger partial charge in [0.15, 0.2) is 0 Å². The second-order valence-corrected chi connectivity index (χ2v) is 2.77. The lowest BCUT2D eigenvalue weighted by atomic mass is 10.2. The molecule has 0 fully saturated rings. The third-order valence-electron chi connectivity index (χ3n) is 1.69. The van der Waals surface area contributed by atoms with E-state index in [2.05, 4.69) is 4.74 Å². The van der Waals surface area contributed by atoms with Crippen LogP contribution >= 0.6 is 0 Å². The molecule has 1 amide bonds. The Balaban J connectivity index is 2.95. The number of anilines is 1. The highest BCUT2D eigenvalue weighted by Crippen LogP contribution is 2.19. The lowest BCUT2D eigenvalue weighted by Crippen LogP contribution is -2.14. The highest BCUT2D eigenvalue weighted by atomic mass is 19.1. The van der Waals surface area contributed by atoms with Crippen LogP contribution in [0.3, 0.4) is 0 Å². The van der Waals surface area contributed by atoms with Gasteiger partial charge in [-0.15, -0.1) is 0 Å². The zero-order chi connectivity index (χ0) is 12.1. The van der Waals surface area contributed by atoms with E-state index in [9.17, 15) is 13.6 Å². The van der Waals surface area contributed by atoms with Gasteiger partial charge < -0.3 is 4.74 Å². The number of hydrogen-bond donors (Lipinski definition) is 1. The Hall–Kier alpha value is -2.16. The van der Waals surface area contributed by atoms with Crippen LogP contribution in [0.4, 0.5) is 19.3 Å². The topological polar surface area (TPSA) is 62.1 Å². The smallest absolute Gasteiger partial charge is 0.411 e. The molecule has 0 radical (unpaired) electrons. The molecule has 0 atom stereocenters. The molecule has 0 saturated carbocycles. The summed E-state index contributed by atoms with van der Waals surface area (Å²) in [5, 5.41) is 10.4. The van der Waals surface area contributed by atoms with Gasteiger partial charge in [0, 0.05) is 6.07 Å². The number of halogens is 2. The molecule has 0 aliphatic rings. The molecule has 84 valence electrons. The van der Waals surface area contributed by atoms with Crippen molar-refractivity contribution >= 4 is 11.8 Å². The predicted molar refractivity (Wildman–Crippen MR) is 51.7 cm³/mol. The molecular formula is C10H8F2N2O2. The second-order valence-electron chi connectivity index (χ2n) is 2.77. The first-order valence-electron chi connectivity index (χ1n) is 4.41. The number of carbonyl (C=O) groups excluding carboxylic acids is 1. The van der Waals surface area contributed by atoms with Gasteiger partial charge in [0.25, 0.3) is 0 Å². The Bertz CT molecular complexity index is 455. The maximum atomic E-state index is 13.2. The van der Waals surface area contributed by atoms with E-state index in [1.807, 2.05) is 5.32 Å². The number of amides is 1. The summed E-state index contributed by atoms with van der Waals surface area (Å²) in [7, 11) is 0. The number of nitrogens with one attached hydrogen (secondary N) is 1. The normalized spacial score (nSPS) is 9.38. The molecular weight excluding hydrogens is 218 g/mol. The van der Waals surface area contributed by atoms with Gasteiger partial charge in [-0.05, 0) is 13.0 Å². The number of ether oxygens (including phenoxy) is 1. The van der Waals surface area contributed by atoms with Crippen LogP contribution in [0, 0.1) is 23.0 Å². The van der Waals surface area contributed by atoms with Crippen LogP contribution < -0.4 is 5.32 Å². The van der Waals surface area contributed by atoms with Gasteiger partial charge in [-0.3, -0.25) is 5.32 Å². The standard InChI is InChI=1S/C10H8F2N2O2/c1-2-16-10(15)14-9-4-7(11)6(5-13)3-8(9)12/h3-4H,2H2,1H3,(H,14,15). The molecule has 0 aromatic heterocycles. The summed E-state index contributed by atoms with van der Waals surface area (Å²) in [4.78, 5) is 10.9. The quantitative estimate of drug-likeness (QED) is 0.842. The molecule has 4 nitrogen and oxygen atoms in total. The van der Waals surface area contributed by atoms with Crippen molar-refractivity contribution in [1.29, 1.82) is 5.26 Å². The maximum absolute atomic E-state index is 13.2. The largest absolute Gasteiger partial charge is 0.450 e. The van der Waals surface area contributed by atoms with Crippen molar-refractivity contribution in [3.05, 3.63) is 29.3 Å². The third kappa shape index (κ3) is 2.67. The summed E-state index contributed by atoms with van der Waals surface area (Å²) >= 11 is 0. The first-order valence-corrected chi connectivity index (χ1v) is 4.41. The van der Waals surface area contributed by atoms with E-state index in [1.165, 1.54) is 6.07 Å². The molecule has 0 saturated heterocycles. The summed E-state index contributed by atoms with van der Waals surface area (Å²) < 4.78 is 30.8. The minimum atomic E-state index is -0.907. The van der Waals surface area contributed by atoms with Gasteiger partial charge >= 0.3 is 6.09 Å². The van der Waals surface area contributed by atoms with Crippen molar-refractivity contribution in [1.82, 2.24) is 0 Å². The lowest BCUT2D eigenvalue weighted by Gasteiger charge is -2.06. The fourth-order valence-corrected chi connectivity index (χ4v) is 1.01. The highest BCUT2D eigenvalue weighted by molar-refractivity contribution is 5.84. The van der Waals surface area contributed by atoms with Crippen molar-refractivity contribution in [2.75, 3.05) is 11.9 Å². The number of benzene rings is 1. The Kier molecular flexibility index (Phi) is 3.78. The van der Waals surface area contributed by atoms with Gasteiger partial charge in [-0.2, -0.15) is 5.26 Å². The van der Waals surface area contributed by atoms with Crippen molar-refractivity contribution in [2.45, 2.75) is 6.92 Å². The van der Waals surface area contributed by atoms with E-state index in [-0.39, 0.29) is 12.3 Å². The van der Waals surface area contributed by atoms with Crippen molar-refractivity contribution in [3.8, 4) is 6.07 Å². The van der Waals surface area contributed by atoms with Crippen LogP contribution in [0.25, 0.3) is 0 Å². The Morgan fingerprint density at radius 3 is 2.75 bits per heavy atom. The van der Waals surface area contributed by atoms with Gasteiger partial charge in [0.1, 0.15) is 17.7 Å². The molecule has 1 N–H and O–H groups in total. The van der Waals surface area contributed by atoms with E-state index < -0.39 is 23.3 Å². The van der Waals surface area contributed by atoms with Crippen molar-refractivity contribution in [2.24, 2.45) is 0 Å². The molecule has 0 aliphatic carbocycles. The Morgan fingerprint density at radius 1 is 1.50 bits per heavy atom. The molecule has 1 rings (SSSR count). The van der Waals surface area contributed by atoms with Gasteiger partial charge in [0.2, 0.25) is 0 Å². The van der Waals surface area contributed by atoms with Crippen LogP contribution in [0.2, 0.25) is 0 Å². The summed E-state index contributed by atoms with van der Waals surface area (Å²) in [6.07, 6.45) is -0.884. The van der Waals surface area contributed by atoms with Gasteiger partial charge in [-0.1, -0.05) is 0 Å². The van der Waals surface area contributed by atoms with Gasteiger partial charge in [0.05, 0.1) is 17.9 Å². The van der Waals surface area contributed by atoms with Crippen LogP contribution in [-0.2, 0) is 4.74 Å². The molecule has 1 aromatic carbocycles. The zero-order valence-corrected chi connectivity index (χ0v) is 8.38. The SMILES string of the molecule is CCOC(=O)Nc1cc(F)c(C#N)cc1F. The molecule has 1 aromatic rings.